The smallest absolute Gasteiger partial charge is 0.343 e. The van der Waals surface area contributed by atoms with Crippen molar-refractivity contribution in [2.75, 3.05) is 5.32 Å². The van der Waals surface area contributed by atoms with Crippen LogP contribution in [0.1, 0.15) is 6.92 Å². The summed E-state index contributed by atoms with van der Waals surface area (Å²) in [4.78, 5) is 15.2. The van der Waals surface area contributed by atoms with Gasteiger partial charge in [-0.15, -0.1) is 0 Å². The quantitative estimate of drug-likeness (QED) is 0.867. The molecule has 5 nitrogen and oxygen atoms in total. The average molecular weight is 338 g/mol. The summed E-state index contributed by atoms with van der Waals surface area (Å²) in [7, 11) is 0. The van der Waals surface area contributed by atoms with E-state index in [1.165, 1.54) is 0 Å². The summed E-state index contributed by atoms with van der Waals surface area (Å²) < 4.78 is 37.5. The molecule has 0 aromatic carbocycles. The molecule has 0 saturated heterocycles. The second kappa shape index (κ2) is 5.98. The Kier molecular flexibility index (Phi) is 4.48. The van der Waals surface area contributed by atoms with Gasteiger partial charge in [-0.3, -0.25) is 0 Å². The third-order valence-corrected chi connectivity index (χ3v) is 2.77. The Bertz CT molecular complexity index is 650. The van der Waals surface area contributed by atoms with Crippen molar-refractivity contribution in [3.8, 4) is 11.5 Å². The molecular formula is C11H8Cl2F3N5. The predicted molar refractivity (Wildman–Crippen MR) is 72.2 cm³/mol. The van der Waals surface area contributed by atoms with E-state index < -0.39 is 12.2 Å². The molecule has 2 aromatic rings. The molecule has 0 fully saturated rings. The van der Waals surface area contributed by atoms with E-state index in [0.29, 0.717) is 0 Å². The molecule has 2 heterocycles. The monoisotopic (exact) mass is 337 g/mol. The molecule has 0 spiro atoms. The molecule has 2 aromatic heterocycles. The molecule has 2 rings (SSSR count). The minimum absolute atomic E-state index is 0.0226. The molecule has 0 aliphatic rings. The number of nitrogens with zero attached hydrogens (tertiary/aromatic N) is 4. The first-order valence-corrected chi connectivity index (χ1v) is 6.39. The van der Waals surface area contributed by atoms with Gasteiger partial charge in [0.15, 0.2) is 5.82 Å². The zero-order valence-corrected chi connectivity index (χ0v) is 12.0. The summed E-state index contributed by atoms with van der Waals surface area (Å²) in [5, 5.41) is 2.06. The van der Waals surface area contributed by atoms with Crippen LogP contribution in [0.25, 0.3) is 11.5 Å². The van der Waals surface area contributed by atoms with Crippen LogP contribution in [0.5, 0.6) is 0 Å². The maximum Gasteiger partial charge on any atom is 0.408 e. The van der Waals surface area contributed by atoms with Crippen LogP contribution >= 0.6 is 23.2 Å². The lowest BCUT2D eigenvalue weighted by atomic mass is 10.3. The Morgan fingerprint density at radius 2 is 1.81 bits per heavy atom. The average Bonchev–Trinajstić information content (AvgIpc) is 2.37. The summed E-state index contributed by atoms with van der Waals surface area (Å²) in [6, 6.07) is 2.86. The van der Waals surface area contributed by atoms with E-state index in [2.05, 4.69) is 25.3 Å². The van der Waals surface area contributed by atoms with Crippen molar-refractivity contribution < 1.29 is 13.2 Å². The number of alkyl halides is 3. The Hall–Kier alpha value is -1.67. The minimum atomic E-state index is -4.44. The number of rotatable bonds is 3. The predicted octanol–water partition coefficient (Wildman–Crippen LogP) is 3.60. The van der Waals surface area contributed by atoms with E-state index in [-0.39, 0.29) is 27.9 Å². The third kappa shape index (κ3) is 4.15. The van der Waals surface area contributed by atoms with E-state index in [1.54, 1.807) is 18.2 Å². The first-order valence-electron chi connectivity index (χ1n) is 5.63. The highest BCUT2D eigenvalue weighted by Crippen LogP contribution is 2.23. The minimum Gasteiger partial charge on any atom is -0.343 e. The second-order valence-corrected chi connectivity index (χ2v) is 4.73. The van der Waals surface area contributed by atoms with Crippen LogP contribution in [0, 0.1) is 0 Å². The first-order chi connectivity index (χ1) is 9.75. The molecule has 0 amide bonds. The normalized spacial score (nSPS) is 13.0. The van der Waals surface area contributed by atoms with Crippen LogP contribution in [-0.4, -0.2) is 32.2 Å². The van der Waals surface area contributed by atoms with Gasteiger partial charge in [-0.05, 0) is 30.7 Å². The van der Waals surface area contributed by atoms with Crippen LogP contribution in [0.3, 0.4) is 0 Å². The molecule has 1 N–H and O–H groups in total. The van der Waals surface area contributed by atoms with Gasteiger partial charge in [0.05, 0.1) is 0 Å². The Balaban J connectivity index is 2.34. The topological polar surface area (TPSA) is 63.6 Å². The molecule has 1 atom stereocenters. The fourth-order valence-electron chi connectivity index (χ4n) is 1.34. The van der Waals surface area contributed by atoms with Crippen molar-refractivity contribution in [3.63, 3.8) is 0 Å². The van der Waals surface area contributed by atoms with Crippen molar-refractivity contribution in [3.05, 3.63) is 28.6 Å². The lowest BCUT2D eigenvalue weighted by Crippen LogP contribution is -2.33. The highest BCUT2D eigenvalue weighted by Gasteiger charge is 2.36. The van der Waals surface area contributed by atoms with Gasteiger partial charge in [-0.2, -0.15) is 28.1 Å². The number of anilines is 1. The van der Waals surface area contributed by atoms with E-state index in [0.717, 1.165) is 6.92 Å². The molecule has 0 aliphatic heterocycles. The van der Waals surface area contributed by atoms with Gasteiger partial charge in [0.25, 0.3) is 0 Å². The Morgan fingerprint density at radius 3 is 2.43 bits per heavy atom. The van der Waals surface area contributed by atoms with Gasteiger partial charge in [0.1, 0.15) is 16.9 Å². The van der Waals surface area contributed by atoms with Gasteiger partial charge in [-0.25, -0.2) is 4.98 Å². The molecular weight excluding hydrogens is 330 g/mol. The zero-order chi connectivity index (χ0) is 15.6. The van der Waals surface area contributed by atoms with Gasteiger partial charge in [0.2, 0.25) is 11.2 Å². The molecule has 0 bridgehead atoms. The molecule has 0 aliphatic carbocycles. The number of hydrogen-bond donors (Lipinski definition) is 1. The van der Waals surface area contributed by atoms with Gasteiger partial charge < -0.3 is 5.32 Å². The lowest BCUT2D eigenvalue weighted by molar-refractivity contribution is -0.138. The van der Waals surface area contributed by atoms with Crippen LogP contribution in [0.15, 0.2) is 18.2 Å². The van der Waals surface area contributed by atoms with E-state index in [9.17, 15) is 13.2 Å². The highest BCUT2D eigenvalue weighted by atomic mass is 35.5. The fraction of sp³-hybridized carbons (Fsp3) is 0.273. The van der Waals surface area contributed by atoms with E-state index in [1.807, 2.05) is 0 Å². The van der Waals surface area contributed by atoms with E-state index >= 15 is 0 Å². The van der Waals surface area contributed by atoms with Crippen molar-refractivity contribution >= 4 is 29.2 Å². The number of halogens is 5. The van der Waals surface area contributed by atoms with Crippen LogP contribution in [0.2, 0.25) is 10.4 Å². The van der Waals surface area contributed by atoms with E-state index in [4.69, 9.17) is 23.2 Å². The van der Waals surface area contributed by atoms with Crippen molar-refractivity contribution in [2.45, 2.75) is 19.1 Å². The molecule has 0 saturated carbocycles. The van der Waals surface area contributed by atoms with Crippen molar-refractivity contribution in [1.29, 1.82) is 0 Å². The number of pyridine rings is 1. The number of nitrogens with one attached hydrogen (secondary N) is 1. The largest absolute Gasteiger partial charge is 0.408 e. The van der Waals surface area contributed by atoms with Crippen molar-refractivity contribution in [1.82, 2.24) is 19.9 Å². The molecule has 112 valence electrons. The van der Waals surface area contributed by atoms with Gasteiger partial charge in [-0.1, -0.05) is 17.7 Å². The van der Waals surface area contributed by atoms with Gasteiger partial charge in [0, 0.05) is 0 Å². The summed E-state index contributed by atoms with van der Waals surface area (Å²) >= 11 is 11.4. The van der Waals surface area contributed by atoms with Crippen molar-refractivity contribution in [2.24, 2.45) is 0 Å². The van der Waals surface area contributed by atoms with Crippen LogP contribution in [-0.2, 0) is 0 Å². The zero-order valence-electron chi connectivity index (χ0n) is 10.5. The lowest BCUT2D eigenvalue weighted by Gasteiger charge is -2.17. The van der Waals surface area contributed by atoms with Crippen LogP contribution in [0.4, 0.5) is 19.1 Å². The fourth-order valence-corrected chi connectivity index (χ4v) is 1.66. The Morgan fingerprint density at radius 1 is 1.10 bits per heavy atom. The Labute approximate surface area is 127 Å². The van der Waals surface area contributed by atoms with Crippen LogP contribution < -0.4 is 5.32 Å². The number of hydrogen-bond acceptors (Lipinski definition) is 5. The molecule has 1 unspecified atom stereocenters. The number of aromatic nitrogens is 4. The molecule has 0 radical (unpaired) electrons. The first kappa shape index (κ1) is 15.7. The second-order valence-electron chi connectivity index (χ2n) is 4.00. The van der Waals surface area contributed by atoms with Gasteiger partial charge >= 0.3 is 6.18 Å². The summed E-state index contributed by atoms with van der Waals surface area (Å²) in [5.41, 5.74) is 0.273. The molecule has 10 heteroatoms. The standard InChI is InChI=1S/C11H8Cl2F3N5/c1-5(11(14,15)16)17-10-20-8(19-9(13)21-10)6-3-2-4-7(12)18-6/h2-5H,1H3,(H,17,19,20,21). The summed E-state index contributed by atoms with van der Waals surface area (Å²) in [5.74, 6) is -0.272. The highest BCUT2D eigenvalue weighted by molar-refractivity contribution is 6.29. The maximum absolute atomic E-state index is 12.5. The maximum atomic E-state index is 12.5. The SMILES string of the molecule is CC(Nc1nc(Cl)nc(-c2cccc(Cl)n2)n1)C(F)(F)F. The third-order valence-electron chi connectivity index (χ3n) is 2.39. The summed E-state index contributed by atoms with van der Waals surface area (Å²) in [6.45, 7) is 0.939. The molecule has 21 heavy (non-hydrogen) atoms. The summed E-state index contributed by atoms with van der Waals surface area (Å²) in [6.07, 6.45) is -4.44.